The van der Waals surface area contributed by atoms with Crippen molar-refractivity contribution in [2.24, 2.45) is 0 Å². The lowest BCUT2D eigenvalue weighted by molar-refractivity contribution is -0.117. The molecule has 0 radical (unpaired) electrons. The van der Waals surface area contributed by atoms with Crippen molar-refractivity contribution in [2.75, 3.05) is 11.4 Å². The van der Waals surface area contributed by atoms with Crippen LogP contribution in [-0.4, -0.2) is 32.7 Å². The molecule has 1 heterocycles. The van der Waals surface area contributed by atoms with E-state index in [1.54, 1.807) is 0 Å². The second kappa shape index (κ2) is 5.53. The van der Waals surface area contributed by atoms with Gasteiger partial charge in [0, 0.05) is 29.3 Å². The van der Waals surface area contributed by atoms with Gasteiger partial charge in [-0.05, 0) is 24.3 Å². The fraction of sp³-hybridized carbons (Fsp3) is 0.364. The van der Waals surface area contributed by atoms with Crippen LogP contribution in [0.1, 0.15) is 6.42 Å². The zero-order valence-electron chi connectivity index (χ0n) is 10.0. The van der Waals surface area contributed by atoms with Gasteiger partial charge in [0.2, 0.25) is 15.0 Å². The van der Waals surface area contributed by atoms with Gasteiger partial charge in [-0.25, -0.2) is 8.42 Å². The first-order chi connectivity index (χ1) is 9.27. The van der Waals surface area contributed by atoms with Gasteiger partial charge in [-0.2, -0.15) is 8.78 Å². The van der Waals surface area contributed by atoms with Crippen LogP contribution in [0.5, 0.6) is 5.75 Å². The van der Waals surface area contributed by atoms with Gasteiger partial charge < -0.3 is 9.64 Å². The zero-order valence-corrected chi connectivity index (χ0v) is 11.6. The Bertz CT molecular complexity index is 605. The van der Waals surface area contributed by atoms with E-state index in [-0.39, 0.29) is 24.6 Å². The molecule has 1 aliphatic heterocycles. The minimum Gasteiger partial charge on any atom is -0.435 e. The summed E-state index contributed by atoms with van der Waals surface area (Å²) in [4.78, 5) is 13.0. The molecule has 110 valence electrons. The maximum atomic E-state index is 12.0. The number of halogens is 3. The normalized spacial score (nSPS) is 19.7. The van der Waals surface area contributed by atoms with Gasteiger partial charge >= 0.3 is 6.61 Å². The van der Waals surface area contributed by atoms with Crippen LogP contribution < -0.4 is 9.64 Å². The monoisotopic (exact) mass is 325 g/mol. The number of hydrogen-bond acceptors (Lipinski definition) is 4. The van der Waals surface area contributed by atoms with Crippen LogP contribution >= 0.6 is 10.7 Å². The van der Waals surface area contributed by atoms with Crippen molar-refractivity contribution < 1.29 is 26.7 Å². The van der Waals surface area contributed by atoms with Crippen LogP contribution in [0.25, 0.3) is 0 Å². The molecule has 0 aromatic heterocycles. The number of nitrogens with zero attached hydrogens (tertiary/aromatic N) is 1. The fourth-order valence-corrected chi connectivity index (χ4v) is 2.95. The van der Waals surface area contributed by atoms with E-state index >= 15 is 0 Å². The first kappa shape index (κ1) is 15.0. The number of anilines is 1. The van der Waals surface area contributed by atoms with Crippen molar-refractivity contribution in [1.82, 2.24) is 0 Å². The Balaban J connectivity index is 2.14. The van der Waals surface area contributed by atoms with Crippen molar-refractivity contribution >= 4 is 31.3 Å². The molecule has 1 fully saturated rings. The van der Waals surface area contributed by atoms with Gasteiger partial charge in [0.25, 0.3) is 0 Å². The van der Waals surface area contributed by atoms with Gasteiger partial charge in [-0.15, -0.1) is 0 Å². The molecule has 1 unspecified atom stereocenters. The summed E-state index contributed by atoms with van der Waals surface area (Å²) in [6.07, 6.45) is -0.193. The van der Waals surface area contributed by atoms with E-state index in [9.17, 15) is 22.0 Å². The fourth-order valence-electron chi connectivity index (χ4n) is 1.92. The molecule has 5 nitrogen and oxygen atoms in total. The van der Waals surface area contributed by atoms with Crippen LogP contribution in [0.2, 0.25) is 0 Å². The van der Waals surface area contributed by atoms with Gasteiger partial charge in [0.15, 0.2) is 0 Å². The van der Waals surface area contributed by atoms with Gasteiger partial charge in [-0.1, -0.05) is 0 Å². The first-order valence-corrected chi connectivity index (χ1v) is 7.93. The van der Waals surface area contributed by atoms with E-state index in [2.05, 4.69) is 4.74 Å². The molecule has 1 aromatic rings. The van der Waals surface area contributed by atoms with Gasteiger partial charge in [0.05, 0.1) is 0 Å². The van der Waals surface area contributed by atoms with Crippen molar-refractivity contribution in [3.05, 3.63) is 24.3 Å². The van der Waals surface area contributed by atoms with Crippen molar-refractivity contribution in [3.8, 4) is 5.75 Å². The molecule has 0 N–H and O–H groups in total. The van der Waals surface area contributed by atoms with Crippen LogP contribution in [0.15, 0.2) is 24.3 Å². The molecule has 0 spiro atoms. The second-order valence-electron chi connectivity index (χ2n) is 4.18. The van der Waals surface area contributed by atoms with Crippen LogP contribution in [-0.2, 0) is 13.8 Å². The van der Waals surface area contributed by atoms with Crippen LogP contribution in [0, 0.1) is 0 Å². The van der Waals surface area contributed by atoms with Gasteiger partial charge in [-0.3, -0.25) is 4.79 Å². The minimum atomic E-state index is -3.81. The molecule has 1 saturated heterocycles. The highest BCUT2D eigenvalue weighted by atomic mass is 35.7. The van der Waals surface area contributed by atoms with E-state index in [0.717, 1.165) is 0 Å². The molecule has 0 bridgehead atoms. The number of benzene rings is 1. The highest BCUT2D eigenvalue weighted by Gasteiger charge is 2.37. The molecule has 0 aliphatic carbocycles. The zero-order chi connectivity index (χ0) is 14.9. The third-order valence-corrected chi connectivity index (χ3v) is 4.73. The summed E-state index contributed by atoms with van der Waals surface area (Å²) in [7, 11) is 1.42. The Labute approximate surface area is 118 Å². The smallest absolute Gasteiger partial charge is 0.387 e. The Morgan fingerprint density at radius 2 is 1.90 bits per heavy atom. The highest BCUT2D eigenvalue weighted by molar-refractivity contribution is 8.14. The summed E-state index contributed by atoms with van der Waals surface area (Å²) in [5.41, 5.74) is 0.402. The largest absolute Gasteiger partial charge is 0.435 e. The number of carbonyl (C=O) groups excluding carboxylic acids is 1. The van der Waals surface area contributed by atoms with E-state index in [4.69, 9.17) is 10.7 Å². The maximum Gasteiger partial charge on any atom is 0.387 e. The topological polar surface area (TPSA) is 63.7 Å². The van der Waals surface area contributed by atoms with Crippen molar-refractivity contribution in [2.45, 2.75) is 18.3 Å². The standard InChI is InChI=1S/C11H10ClF2NO4S/c12-20(17,18)9-5-10(16)15(6-9)7-1-3-8(4-2-7)19-11(13)14/h1-4,9,11H,5-6H2. The number of hydrogen-bond donors (Lipinski definition) is 0. The molecular formula is C11H10ClF2NO4S. The molecule has 0 saturated carbocycles. The Hall–Kier alpha value is -1.41. The quantitative estimate of drug-likeness (QED) is 0.794. The summed E-state index contributed by atoms with van der Waals surface area (Å²) in [5.74, 6) is -0.432. The van der Waals surface area contributed by atoms with E-state index in [0.29, 0.717) is 5.69 Å². The molecule has 1 atom stereocenters. The lowest BCUT2D eigenvalue weighted by Crippen LogP contribution is -2.26. The lowest BCUT2D eigenvalue weighted by atomic mass is 10.3. The molecule has 1 aliphatic rings. The molecule has 1 amide bonds. The van der Waals surface area contributed by atoms with Crippen molar-refractivity contribution in [1.29, 1.82) is 0 Å². The summed E-state index contributed by atoms with van der Waals surface area (Å²) in [6.45, 7) is -2.99. The lowest BCUT2D eigenvalue weighted by Gasteiger charge is -2.16. The van der Waals surface area contributed by atoms with E-state index in [1.807, 2.05) is 0 Å². The summed E-state index contributed by atoms with van der Waals surface area (Å²) in [6, 6.07) is 5.35. The number of ether oxygens (including phenoxy) is 1. The molecule has 20 heavy (non-hydrogen) atoms. The van der Waals surface area contributed by atoms with E-state index < -0.39 is 20.9 Å². The maximum absolute atomic E-state index is 12.0. The Morgan fingerprint density at radius 1 is 1.30 bits per heavy atom. The van der Waals surface area contributed by atoms with Crippen molar-refractivity contribution in [3.63, 3.8) is 0 Å². The predicted molar refractivity (Wildman–Crippen MR) is 68.6 cm³/mol. The molecule has 2 rings (SSSR count). The highest BCUT2D eigenvalue weighted by Crippen LogP contribution is 2.28. The van der Waals surface area contributed by atoms with Crippen LogP contribution in [0.3, 0.4) is 0 Å². The molecule has 9 heteroatoms. The summed E-state index contributed by atoms with van der Waals surface area (Å²) < 4.78 is 50.6. The second-order valence-corrected chi connectivity index (χ2v) is 7.09. The Morgan fingerprint density at radius 3 is 2.35 bits per heavy atom. The first-order valence-electron chi connectivity index (χ1n) is 5.56. The minimum absolute atomic E-state index is 0.0445. The average molecular weight is 326 g/mol. The third kappa shape index (κ3) is 3.37. The molecular weight excluding hydrogens is 316 g/mol. The average Bonchev–Trinajstić information content (AvgIpc) is 2.71. The number of alkyl halides is 2. The SMILES string of the molecule is O=C1CC(S(=O)(=O)Cl)CN1c1ccc(OC(F)F)cc1. The van der Waals surface area contributed by atoms with E-state index in [1.165, 1.54) is 29.2 Å². The third-order valence-electron chi connectivity index (χ3n) is 2.86. The number of carbonyl (C=O) groups is 1. The van der Waals surface area contributed by atoms with Gasteiger partial charge in [0.1, 0.15) is 11.0 Å². The Kier molecular flexibility index (Phi) is 4.14. The predicted octanol–water partition coefficient (Wildman–Crippen LogP) is 1.96. The summed E-state index contributed by atoms with van der Waals surface area (Å²) >= 11 is 0. The van der Waals surface area contributed by atoms with Crippen LogP contribution in [0.4, 0.5) is 14.5 Å². The number of rotatable bonds is 4. The molecule has 1 aromatic carbocycles. The number of amides is 1. The summed E-state index contributed by atoms with van der Waals surface area (Å²) in [5, 5.41) is -0.964.